The van der Waals surface area contributed by atoms with Gasteiger partial charge in [-0.2, -0.15) is 0 Å². The van der Waals surface area contributed by atoms with Crippen LogP contribution in [-0.2, 0) is 0 Å². The Morgan fingerprint density at radius 3 is 1.50 bits per heavy atom. The summed E-state index contributed by atoms with van der Waals surface area (Å²) in [4.78, 5) is 7.97. The van der Waals surface area contributed by atoms with E-state index in [2.05, 4.69) is 9.97 Å². The second-order valence-electron chi connectivity index (χ2n) is 3.40. The minimum Gasteiger partial charge on any atom is -0.384 e. The van der Waals surface area contributed by atoms with E-state index in [0.29, 0.717) is 11.4 Å². The van der Waals surface area contributed by atoms with Gasteiger partial charge in [0.1, 0.15) is 12.2 Å². The summed E-state index contributed by atoms with van der Waals surface area (Å²) in [6.07, 6.45) is 1.03. The Morgan fingerprint density at radius 1 is 0.750 bits per heavy atom. The SMILES string of the molecule is O[C@@H](c1ccccn1)[C@@H](O)c1ccccn1. The first kappa shape index (κ1) is 10.7. The molecule has 82 valence electrons. The first-order chi connectivity index (χ1) is 7.79. The molecule has 0 aromatic carbocycles. The standard InChI is InChI=1S/C12H12N2O2/c15-11(9-5-1-3-7-13-9)12(16)10-6-2-4-8-14-10/h1-8,11-12,15-16H/t11-,12-/m0/s1. The number of aromatic nitrogens is 2. The topological polar surface area (TPSA) is 66.2 Å². The molecule has 2 N–H and O–H groups in total. The molecule has 0 fully saturated rings. The lowest BCUT2D eigenvalue weighted by Gasteiger charge is -2.16. The average molecular weight is 216 g/mol. The molecule has 0 radical (unpaired) electrons. The van der Waals surface area contributed by atoms with Gasteiger partial charge in [-0.25, -0.2) is 0 Å². The number of aliphatic hydroxyl groups is 2. The summed E-state index contributed by atoms with van der Waals surface area (Å²) in [5.74, 6) is 0. The third-order valence-corrected chi connectivity index (χ3v) is 2.28. The van der Waals surface area contributed by atoms with Crippen LogP contribution in [0.5, 0.6) is 0 Å². The lowest BCUT2D eigenvalue weighted by atomic mass is 10.1. The fourth-order valence-electron chi connectivity index (χ4n) is 1.43. The molecule has 0 spiro atoms. The van der Waals surface area contributed by atoms with Crippen molar-refractivity contribution in [3.63, 3.8) is 0 Å². The third kappa shape index (κ3) is 2.24. The zero-order chi connectivity index (χ0) is 11.4. The summed E-state index contributed by atoms with van der Waals surface area (Å²) in [7, 11) is 0. The molecule has 0 aliphatic heterocycles. The maximum absolute atomic E-state index is 9.89. The van der Waals surface area contributed by atoms with Gasteiger partial charge in [-0.05, 0) is 24.3 Å². The van der Waals surface area contributed by atoms with Crippen LogP contribution in [0.25, 0.3) is 0 Å². The summed E-state index contributed by atoms with van der Waals surface area (Å²) in [5.41, 5.74) is 0.862. The molecule has 0 saturated carbocycles. The summed E-state index contributed by atoms with van der Waals surface area (Å²) in [6.45, 7) is 0. The number of rotatable bonds is 3. The van der Waals surface area contributed by atoms with Gasteiger partial charge in [-0.3, -0.25) is 9.97 Å². The Bertz CT molecular complexity index is 390. The normalized spacial score (nSPS) is 14.4. The van der Waals surface area contributed by atoms with E-state index in [1.807, 2.05) is 0 Å². The van der Waals surface area contributed by atoms with Crippen molar-refractivity contribution in [3.05, 3.63) is 60.2 Å². The van der Waals surface area contributed by atoms with Crippen molar-refractivity contribution in [2.24, 2.45) is 0 Å². The van der Waals surface area contributed by atoms with E-state index in [-0.39, 0.29) is 0 Å². The second-order valence-corrected chi connectivity index (χ2v) is 3.40. The highest BCUT2D eigenvalue weighted by Gasteiger charge is 2.21. The lowest BCUT2D eigenvalue weighted by Crippen LogP contribution is -2.12. The molecule has 0 amide bonds. The molecule has 0 bridgehead atoms. The van der Waals surface area contributed by atoms with Crippen molar-refractivity contribution in [1.29, 1.82) is 0 Å². The minimum absolute atomic E-state index is 0.431. The van der Waals surface area contributed by atoms with E-state index in [1.165, 1.54) is 0 Å². The van der Waals surface area contributed by atoms with Crippen molar-refractivity contribution in [2.45, 2.75) is 12.2 Å². The van der Waals surface area contributed by atoms with Gasteiger partial charge >= 0.3 is 0 Å². The Hall–Kier alpha value is -1.78. The first-order valence-electron chi connectivity index (χ1n) is 4.97. The summed E-state index contributed by atoms with van der Waals surface area (Å²) < 4.78 is 0. The van der Waals surface area contributed by atoms with Crippen LogP contribution >= 0.6 is 0 Å². The molecular weight excluding hydrogens is 204 g/mol. The summed E-state index contributed by atoms with van der Waals surface area (Å²) in [6, 6.07) is 10.4. The highest BCUT2D eigenvalue weighted by molar-refractivity contribution is 5.14. The van der Waals surface area contributed by atoms with Crippen LogP contribution in [0.4, 0.5) is 0 Å². The van der Waals surface area contributed by atoms with Crippen LogP contribution in [0.3, 0.4) is 0 Å². The zero-order valence-corrected chi connectivity index (χ0v) is 8.56. The van der Waals surface area contributed by atoms with Crippen LogP contribution in [0.15, 0.2) is 48.8 Å². The van der Waals surface area contributed by atoms with Gasteiger partial charge in [0, 0.05) is 12.4 Å². The molecule has 16 heavy (non-hydrogen) atoms. The van der Waals surface area contributed by atoms with Crippen molar-refractivity contribution >= 4 is 0 Å². The predicted octanol–water partition coefficient (Wildman–Crippen LogP) is 1.24. The van der Waals surface area contributed by atoms with Gasteiger partial charge in [0.2, 0.25) is 0 Å². The van der Waals surface area contributed by atoms with Gasteiger partial charge < -0.3 is 10.2 Å². The largest absolute Gasteiger partial charge is 0.384 e. The van der Waals surface area contributed by atoms with Gasteiger partial charge in [0.25, 0.3) is 0 Å². The van der Waals surface area contributed by atoms with E-state index in [4.69, 9.17) is 0 Å². The van der Waals surface area contributed by atoms with Crippen molar-refractivity contribution in [2.75, 3.05) is 0 Å². The highest BCUT2D eigenvalue weighted by atomic mass is 16.3. The second kappa shape index (κ2) is 4.83. The molecule has 2 aromatic rings. The summed E-state index contributed by atoms with van der Waals surface area (Å²) >= 11 is 0. The van der Waals surface area contributed by atoms with E-state index >= 15 is 0 Å². The van der Waals surface area contributed by atoms with Gasteiger partial charge in [-0.15, -0.1) is 0 Å². The molecule has 0 aliphatic carbocycles. The maximum Gasteiger partial charge on any atom is 0.127 e. The zero-order valence-electron chi connectivity index (χ0n) is 8.56. The number of hydrogen-bond acceptors (Lipinski definition) is 4. The fourth-order valence-corrected chi connectivity index (χ4v) is 1.43. The molecule has 0 aliphatic rings. The fraction of sp³-hybridized carbons (Fsp3) is 0.167. The van der Waals surface area contributed by atoms with Crippen molar-refractivity contribution in [3.8, 4) is 0 Å². The number of aliphatic hydroxyl groups excluding tert-OH is 2. The summed E-state index contributed by atoms with van der Waals surface area (Å²) in [5, 5.41) is 19.8. The molecule has 4 heteroatoms. The molecule has 2 heterocycles. The minimum atomic E-state index is -1.06. The smallest absolute Gasteiger partial charge is 0.127 e. The Morgan fingerprint density at radius 2 is 1.19 bits per heavy atom. The average Bonchev–Trinajstić information content (AvgIpc) is 2.39. The molecule has 2 rings (SSSR count). The highest BCUT2D eigenvalue weighted by Crippen LogP contribution is 2.25. The van der Waals surface area contributed by atoms with Gasteiger partial charge in [-0.1, -0.05) is 12.1 Å². The number of nitrogens with zero attached hydrogens (tertiary/aromatic N) is 2. The van der Waals surface area contributed by atoms with Crippen LogP contribution < -0.4 is 0 Å². The lowest BCUT2D eigenvalue weighted by molar-refractivity contribution is 0.0120. The van der Waals surface area contributed by atoms with Crippen LogP contribution in [0.2, 0.25) is 0 Å². The number of pyridine rings is 2. The Balaban J connectivity index is 2.20. The van der Waals surface area contributed by atoms with Crippen LogP contribution in [0, 0.1) is 0 Å². The Kier molecular flexibility index (Phi) is 3.24. The van der Waals surface area contributed by atoms with Crippen molar-refractivity contribution in [1.82, 2.24) is 9.97 Å². The quantitative estimate of drug-likeness (QED) is 0.810. The van der Waals surface area contributed by atoms with E-state index in [9.17, 15) is 10.2 Å². The third-order valence-electron chi connectivity index (χ3n) is 2.28. The predicted molar refractivity (Wildman–Crippen MR) is 58.4 cm³/mol. The van der Waals surface area contributed by atoms with Crippen molar-refractivity contribution < 1.29 is 10.2 Å². The molecule has 2 atom stereocenters. The maximum atomic E-state index is 9.89. The van der Waals surface area contributed by atoms with Crippen LogP contribution in [0.1, 0.15) is 23.6 Å². The molecule has 0 unspecified atom stereocenters. The van der Waals surface area contributed by atoms with Gasteiger partial charge in [0.15, 0.2) is 0 Å². The van der Waals surface area contributed by atoms with E-state index in [1.54, 1.807) is 48.8 Å². The van der Waals surface area contributed by atoms with Crippen LogP contribution in [-0.4, -0.2) is 20.2 Å². The molecular formula is C12H12N2O2. The monoisotopic (exact) mass is 216 g/mol. The number of hydrogen-bond donors (Lipinski definition) is 2. The molecule has 0 saturated heterocycles. The Labute approximate surface area is 93.2 Å². The van der Waals surface area contributed by atoms with Gasteiger partial charge in [0.05, 0.1) is 11.4 Å². The van der Waals surface area contributed by atoms with E-state index < -0.39 is 12.2 Å². The molecule has 2 aromatic heterocycles. The molecule has 4 nitrogen and oxygen atoms in total. The van der Waals surface area contributed by atoms with E-state index in [0.717, 1.165) is 0 Å². The first-order valence-corrected chi connectivity index (χ1v) is 4.97.